The third-order valence-corrected chi connectivity index (χ3v) is 16.8. The standard InChI is InChI=1S/C67H119N11O15/c1-26-28-29-44(17)57(81)56-61(85)69-46(27-2)62(86)72(19)34-52(79)73(20)48(30-37(3)4)60(84)71-54(41(11)12)66(90)74(21)49(31-38(5)6)59(83)68-45(18)58(82)70-47(35-92-36-53(80)93-43(15)16)63(87)75(22)50(32-39(7)8)64(88)76(23)51(33-40(9)10)65(89)77(24)55(42(13)14)67(91)78(56)25/h26,28,37-51,54-57,81H,27,29-36H2,1-25H3,(H,68,83)(H,69,85)(H,70,82)(H,71,84)/b28-26+/t44-,45+,46+,47-,48+,49+,50+,51+,54+,55+,56+,57-/m1/s1. The van der Waals surface area contributed by atoms with Gasteiger partial charge in [0.2, 0.25) is 65.0 Å². The van der Waals surface area contributed by atoms with Crippen molar-refractivity contribution in [3.05, 3.63) is 12.2 Å². The highest BCUT2D eigenvalue weighted by atomic mass is 16.6. The fourth-order valence-electron chi connectivity index (χ4n) is 11.2. The number of hydrogen-bond acceptors (Lipinski definition) is 15. The molecule has 1 fully saturated rings. The van der Waals surface area contributed by atoms with Crippen LogP contribution in [0.5, 0.6) is 0 Å². The number of aliphatic hydroxyl groups excluding tert-OH is 1. The second-order valence-corrected chi connectivity index (χ2v) is 28.0. The first-order valence-electron chi connectivity index (χ1n) is 33.1. The maximum atomic E-state index is 15.3. The third-order valence-electron chi connectivity index (χ3n) is 16.8. The third kappa shape index (κ3) is 25.2. The largest absolute Gasteiger partial charge is 0.461 e. The summed E-state index contributed by atoms with van der Waals surface area (Å²) in [5.74, 6) is -11.6. The second kappa shape index (κ2) is 39.2. The van der Waals surface area contributed by atoms with Crippen molar-refractivity contribution < 1.29 is 72.1 Å². The van der Waals surface area contributed by atoms with Crippen molar-refractivity contribution in [1.82, 2.24) is 55.6 Å². The van der Waals surface area contributed by atoms with E-state index < -0.39 is 181 Å². The molecule has 5 N–H and O–H groups in total. The molecule has 11 amide bonds. The lowest BCUT2D eigenvalue weighted by molar-refractivity contribution is -0.158. The van der Waals surface area contributed by atoms with Crippen molar-refractivity contribution in [2.75, 3.05) is 69.1 Å². The van der Waals surface area contributed by atoms with Crippen LogP contribution in [0.25, 0.3) is 0 Å². The number of allylic oxidation sites excluding steroid dienone is 2. The lowest BCUT2D eigenvalue weighted by atomic mass is 9.91. The van der Waals surface area contributed by atoms with Gasteiger partial charge in [-0.2, -0.15) is 0 Å². The first-order chi connectivity index (χ1) is 43.0. The Morgan fingerprint density at radius 3 is 1.42 bits per heavy atom. The Balaban J connectivity index is 4.49. The Morgan fingerprint density at radius 2 is 0.957 bits per heavy atom. The summed E-state index contributed by atoms with van der Waals surface area (Å²) in [7, 11) is 9.69. The van der Waals surface area contributed by atoms with Gasteiger partial charge in [0.05, 0.1) is 25.4 Å². The second-order valence-electron chi connectivity index (χ2n) is 28.0. The van der Waals surface area contributed by atoms with Crippen LogP contribution in [-0.4, -0.2) is 252 Å². The van der Waals surface area contributed by atoms with Gasteiger partial charge in [0.1, 0.15) is 67.0 Å². The van der Waals surface area contributed by atoms with Gasteiger partial charge in [-0.15, -0.1) is 0 Å². The maximum absolute atomic E-state index is 15.3. The average Bonchev–Trinajstić information content (AvgIpc) is 0.905. The molecule has 532 valence electrons. The highest BCUT2D eigenvalue weighted by molar-refractivity contribution is 5.99. The molecule has 0 saturated carbocycles. The minimum absolute atomic E-state index is 0.00158. The van der Waals surface area contributed by atoms with Gasteiger partial charge < -0.3 is 70.1 Å². The lowest BCUT2D eigenvalue weighted by Gasteiger charge is -2.41. The number of carbonyl (C=O) groups excluding carboxylic acids is 12. The highest BCUT2D eigenvalue weighted by Gasteiger charge is 2.46. The molecule has 0 aromatic carbocycles. The number of nitrogens with zero attached hydrogens (tertiary/aromatic N) is 7. The van der Waals surface area contributed by atoms with Crippen LogP contribution in [0.4, 0.5) is 0 Å². The molecular formula is C67H119N11O15. The summed E-state index contributed by atoms with van der Waals surface area (Å²) in [5, 5.41) is 23.1. The molecule has 0 spiro atoms. The molecule has 0 aromatic heterocycles. The zero-order valence-electron chi connectivity index (χ0n) is 60.8. The summed E-state index contributed by atoms with van der Waals surface area (Å²) < 4.78 is 10.9. The van der Waals surface area contributed by atoms with Gasteiger partial charge in [0.15, 0.2) is 0 Å². The first-order valence-corrected chi connectivity index (χ1v) is 33.1. The summed E-state index contributed by atoms with van der Waals surface area (Å²) in [6.45, 7) is 29.5. The van der Waals surface area contributed by atoms with Gasteiger partial charge in [-0.1, -0.05) is 109 Å². The van der Waals surface area contributed by atoms with Gasteiger partial charge in [0.25, 0.3) is 0 Å². The normalized spacial score (nSPS) is 25.6. The monoisotopic (exact) mass is 1320 g/mol. The maximum Gasteiger partial charge on any atom is 0.332 e. The number of carbonyl (C=O) groups is 12. The van der Waals surface area contributed by atoms with Crippen molar-refractivity contribution >= 4 is 70.9 Å². The predicted octanol–water partition coefficient (Wildman–Crippen LogP) is 3.22. The number of hydrogen-bond donors (Lipinski definition) is 5. The number of nitrogens with one attached hydrogen (secondary N) is 4. The lowest BCUT2D eigenvalue weighted by Crippen LogP contribution is -2.63. The van der Waals surface area contributed by atoms with Gasteiger partial charge in [-0.25, -0.2) is 4.79 Å². The summed E-state index contributed by atoms with van der Waals surface area (Å²) in [6.07, 6.45) is 2.17. The number of rotatable bonds is 20. The molecule has 12 atom stereocenters. The minimum Gasteiger partial charge on any atom is -0.461 e. The first kappa shape index (κ1) is 84.3. The van der Waals surface area contributed by atoms with E-state index in [0.717, 1.165) is 14.7 Å². The smallest absolute Gasteiger partial charge is 0.332 e. The Kier molecular flexibility index (Phi) is 35.6. The number of aliphatic hydroxyl groups is 1. The van der Waals surface area contributed by atoms with E-state index in [0.29, 0.717) is 0 Å². The average molecular weight is 1320 g/mol. The van der Waals surface area contributed by atoms with E-state index in [-0.39, 0.29) is 62.2 Å². The Labute approximate surface area is 555 Å². The molecular weight excluding hydrogens is 1200 g/mol. The van der Waals surface area contributed by atoms with Crippen molar-refractivity contribution in [3.8, 4) is 0 Å². The molecule has 1 aliphatic rings. The zero-order valence-corrected chi connectivity index (χ0v) is 60.8. The van der Waals surface area contributed by atoms with Crippen LogP contribution in [0.2, 0.25) is 0 Å². The molecule has 0 bridgehead atoms. The van der Waals surface area contributed by atoms with Gasteiger partial charge in [-0.3, -0.25) is 52.7 Å². The quantitative estimate of drug-likeness (QED) is 0.0864. The van der Waals surface area contributed by atoms with E-state index in [1.54, 1.807) is 74.5 Å². The van der Waals surface area contributed by atoms with Crippen molar-refractivity contribution in [2.45, 2.75) is 236 Å². The van der Waals surface area contributed by atoms with Crippen LogP contribution in [0.1, 0.15) is 163 Å². The minimum atomic E-state index is -1.65. The van der Waals surface area contributed by atoms with Crippen LogP contribution in [0, 0.1) is 41.4 Å². The predicted molar refractivity (Wildman–Crippen MR) is 355 cm³/mol. The van der Waals surface area contributed by atoms with Crippen LogP contribution in [-0.2, 0) is 67.0 Å². The van der Waals surface area contributed by atoms with Gasteiger partial charge in [0, 0.05) is 49.3 Å². The van der Waals surface area contributed by atoms with Crippen LogP contribution >= 0.6 is 0 Å². The van der Waals surface area contributed by atoms with E-state index in [9.17, 15) is 43.5 Å². The molecule has 1 saturated heterocycles. The molecule has 1 rings (SSSR count). The van der Waals surface area contributed by atoms with Crippen LogP contribution in [0.15, 0.2) is 12.2 Å². The molecule has 1 aliphatic heterocycles. The zero-order chi connectivity index (χ0) is 72.0. The molecule has 0 unspecified atom stereocenters. The fourth-order valence-corrected chi connectivity index (χ4v) is 11.2. The van der Waals surface area contributed by atoms with E-state index in [4.69, 9.17) is 9.47 Å². The van der Waals surface area contributed by atoms with E-state index in [1.165, 1.54) is 75.9 Å². The van der Waals surface area contributed by atoms with Gasteiger partial charge >= 0.3 is 5.97 Å². The molecule has 26 heteroatoms. The Hall–Kier alpha value is -6.70. The molecule has 0 aromatic rings. The van der Waals surface area contributed by atoms with Gasteiger partial charge in [-0.05, 0) is 108 Å². The van der Waals surface area contributed by atoms with E-state index in [2.05, 4.69) is 21.3 Å². The Morgan fingerprint density at radius 1 is 0.516 bits per heavy atom. The SMILES string of the molecule is C/C=C/C[C@@H](C)[C@@H](O)[C@H]1C(=O)N[C@@H](CC)C(=O)N(C)CC(=O)N(C)[C@@H](CC(C)C)C(=O)N[C@@H](C(C)C)C(=O)N(C)[C@@H](CC(C)C)C(=O)N[C@@H](C)C(=O)N[C@H](COCC(=O)OC(C)C)C(=O)N(C)[C@@H](CC(C)C)C(=O)N(C)[C@@H](CC(C)C)C(=O)N(C)[C@@H](C(C)C)C(=O)N1C. The van der Waals surface area contributed by atoms with E-state index in [1.807, 2.05) is 55.4 Å². The summed E-state index contributed by atoms with van der Waals surface area (Å²) in [5.41, 5.74) is 0. The molecule has 93 heavy (non-hydrogen) atoms. The number of esters is 1. The van der Waals surface area contributed by atoms with E-state index >= 15 is 19.2 Å². The molecule has 0 aliphatic carbocycles. The van der Waals surface area contributed by atoms with Crippen molar-refractivity contribution in [1.29, 1.82) is 0 Å². The fraction of sp³-hybridized carbons (Fsp3) is 0.791. The highest BCUT2D eigenvalue weighted by Crippen LogP contribution is 2.26. The number of amides is 11. The van der Waals surface area contributed by atoms with Crippen LogP contribution < -0.4 is 21.3 Å². The summed E-state index contributed by atoms with van der Waals surface area (Å²) in [4.78, 5) is 183. The molecule has 26 nitrogen and oxygen atoms in total. The van der Waals surface area contributed by atoms with Crippen LogP contribution in [0.3, 0.4) is 0 Å². The molecule has 1 heterocycles. The number of ether oxygens (including phenoxy) is 2. The topological polar surface area (TPSA) is 314 Å². The van der Waals surface area contributed by atoms with Crippen molar-refractivity contribution in [3.63, 3.8) is 0 Å². The summed E-state index contributed by atoms with van der Waals surface area (Å²) in [6, 6.07) is -13.4. The number of likely N-dealkylation sites (N-methyl/N-ethyl adjacent to an activating group) is 7. The summed E-state index contributed by atoms with van der Waals surface area (Å²) >= 11 is 0. The van der Waals surface area contributed by atoms with Crippen molar-refractivity contribution in [2.24, 2.45) is 41.4 Å². The molecule has 0 radical (unpaired) electrons. The Bertz CT molecular complexity index is 2560.